The molecule has 5 heteroatoms. The lowest BCUT2D eigenvalue weighted by Gasteiger charge is -2.40. The lowest BCUT2D eigenvalue weighted by molar-refractivity contribution is 0.125. The van der Waals surface area contributed by atoms with Gasteiger partial charge in [0.25, 0.3) is 0 Å². The van der Waals surface area contributed by atoms with Gasteiger partial charge in [0.1, 0.15) is 0 Å². The first-order valence-electron chi connectivity index (χ1n) is 7.95. The van der Waals surface area contributed by atoms with Crippen LogP contribution in [0.1, 0.15) is 48.9 Å². The van der Waals surface area contributed by atoms with Gasteiger partial charge >= 0.3 is 0 Å². The van der Waals surface area contributed by atoms with E-state index in [1.54, 1.807) is 18.9 Å². The van der Waals surface area contributed by atoms with Crippen molar-refractivity contribution in [3.63, 3.8) is 0 Å². The van der Waals surface area contributed by atoms with E-state index in [1.807, 2.05) is 11.3 Å². The third-order valence-electron chi connectivity index (χ3n) is 4.64. The molecule has 0 aromatic carbocycles. The monoisotopic (exact) mass is 338 g/mol. The minimum atomic E-state index is -0.105. The van der Waals surface area contributed by atoms with Gasteiger partial charge in [0.15, 0.2) is 5.17 Å². The Morgan fingerprint density at radius 3 is 2.86 bits per heavy atom. The predicted molar refractivity (Wildman–Crippen MR) is 97.1 cm³/mol. The van der Waals surface area contributed by atoms with Gasteiger partial charge in [0.05, 0.1) is 5.54 Å². The number of rotatable bonds is 2. The van der Waals surface area contributed by atoms with Crippen LogP contribution < -0.4 is 5.73 Å². The van der Waals surface area contributed by atoms with E-state index >= 15 is 0 Å². The van der Waals surface area contributed by atoms with Gasteiger partial charge in [-0.3, -0.25) is 4.99 Å². The smallest absolute Gasteiger partial charge is 0.154 e. The molecule has 2 atom stereocenters. The van der Waals surface area contributed by atoms with Crippen LogP contribution in [-0.4, -0.2) is 24.6 Å². The Hall–Kier alpha value is -0.520. The molecule has 1 aromatic rings. The maximum absolute atomic E-state index is 6.09. The summed E-state index contributed by atoms with van der Waals surface area (Å²) in [6, 6.07) is 2.41. The minimum Gasteiger partial charge on any atom is -0.384 e. The molecule has 3 nitrogen and oxygen atoms in total. The maximum Gasteiger partial charge on any atom is 0.154 e. The second kappa shape index (κ2) is 5.84. The Kier molecular flexibility index (Phi) is 4.34. The van der Waals surface area contributed by atoms with E-state index in [4.69, 9.17) is 15.5 Å². The van der Waals surface area contributed by atoms with Crippen LogP contribution in [0.5, 0.6) is 0 Å². The van der Waals surface area contributed by atoms with Crippen molar-refractivity contribution in [2.24, 2.45) is 16.6 Å². The summed E-state index contributed by atoms with van der Waals surface area (Å²) in [5.74, 6) is 1.61. The highest BCUT2D eigenvalue weighted by Gasteiger charge is 2.43. The molecule has 0 radical (unpaired) electrons. The van der Waals surface area contributed by atoms with Crippen LogP contribution in [0.3, 0.4) is 0 Å². The van der Waals surface area contributed by atoms with E-state index in [0.29, 0.717) is 5.92 Å². The molecule has 1 aliphatic carbocycles. The van der Waals surface area contributed by atoms with Gasteiger partial charge in [0.2, 0.25) is 0 Å². The fraction of sp³-hybridized carbons (Fsp3) is 0.706. The lowest BCUT2D eigenvalue weighted by atomic mass is 9.73. The molecule has 2 heterocycles. The van der Waals surface area contributed by atoms with Gasteiger partial charge in [-0.2, -0.15) is 0 Å². The number of methoxy groups -OCH3 is 1. The number of aliphatic imine (C=N–C) groups is 1. The summed E-state index contributed by atoms with van der Waals surface area (Å²) >= 11 is 3.66. The second-order valence-electron chi connectivity index (χ2n) is 7.51. The van der Waals surface area contributed by atoms with Gasteiger partial charge in [-0.25, -0.2) is 0 Å². The van der Waals surface area contributed by atoms with E-state index in [-0.39, 0.29) is 11.0 Å². The van der Waals surface area contributed by atoms with Crippen molar-refractivity contribution in [1.82, 2.24) is 0 Å². The van der Waals surface area contributed by atoms with Gasteiger partial charge in [-0.1, -0.05) is 32.5 Å². The van der Waals surface area contributed by atoms with E-state index in [2.05, 4.69) is 26.8 Å². The summed E-state index contributed by atoms with van der Waals surface area (Å²) in [7, 11) is 1.80. The molecule has 0 fully saturated rings. The number of hydrogen-bond acceptors (Lipinski definition) is 5. The van der Waals surface area contributed by atoms with E-state index in [0.717, 1.165) is 36.8 Å². The van der Waals surface area contributed by atoms with Gasteiger partial charge in [-0.05, 0) is 42.2 Å². The Morgan fingerprint density at radius 1 is 1.45 bits per heavy atom. The van der Waals surface area contributed by atoms with Crippen molar-refractivity contribution in [3.8, 4) is 0 Å². The third-order valence-corrected chi connectivity index (χ3v) is 7.02. The van der Waals surface area contributed by atoms with Crippen molar-refractivity contribution in [2.75, 3.05) is 19.5 Å². The Labute approximate surface area is 141 Å². The number of thioether (sulfide) groups is 1. The summed E-state index contributed by atoms with van der Waals surface area (Å²) in [4.78, 5) is 7.91. The molecule has 0 amide bonds. The molecule has 1 aromatic heterocycles. The quantitative estimate of drug-likeness (QED) is 0.889. The number of nitrogens with zero attached hydrogens (tertiary/aromatic N) is 1. The molecule has 1 spiro atoms. The zero-order valence-electron chi connectivity index (χ0n) is 13.9. The SMILES string of the molecule is COCC1Cc2sc(C(C)(C)C)cc2C2(CCSC(N)=N2)C1. The first-order valence-corrected chi connectivity index (χ1v) is 9.75. The predicted octanol–water partition coefficient (Wildman–Crippen LogP) is 3.90. The van der Waals surface area contributed by atoms with Crippen molar-refractivity contribution >= 4 is 28.3 Å². The molecule has 0 saturated heterocycles. The zero-order chi connectivity index (χ0) is 16.0. The van der Waals surface area contributed by atoms with Crippen LogP contribution in [0.15, 0.2) is 11.1 Å². The van der Waals surface area contributed by atoms with E-state index < -0.39 is 0 Å². The molecule has 22 heavy (non-hydrogen) atoms. The Balaban J connectivity index is 2.07. The highest BCUT2D eigenvalue weighted by molar-refractivity contribution is 8.13. The summed E-state index contributed by atoms with van der Waals surface area (Å²) in [6.07, 6.45) is 3.27. The number of fused-ring (bicyclic) bond motifs is 2. The number of thiophene rings is 1. The molecule has 2 aliphatic rings. The molecule has 1 aliphatic heterocycles. The van der Waals surface area contributed by atoms with Crippen molar-refractivity contribution in [3.05, 3.63) is 21.4 Å². The number of hydrogen-bond donors (Lipinski definition) is 1. The molecule has 2 N–H and O–H groups in total. The van der Waals surface area contributed by atoms with E-state index in [9.17, 15) is 0 Å². The Bertz CT molecular complexity index is 588. The third kappa shape index (κ3) is 2.95. The number of amidine groups is 1. The normalized spacial score (nSPS) is 28.5. The maximum atomic E-state index is 6.09. The fourth-order valence-electron chi connectivity index (χ4n) is 3.59. The summed E-state index contributed by atoms with van der Waals surface area (Å²) < 4.78 is 5.45. The van der Waals surface area contributed by atoms with Crippen molar-refractivity contribution < 1.29 is 4.74 Å². The first kappa shape index (κ1) is 16.3. The molecule has 3 rings (SSSR count). The molecule has 122 valence electrons. The largest absolute Gasteiger partial charge is 0.384 e. The van der Waals surface area contributed by atoms with Crippen LogP contribution in [0.4, 0.5) is 0 Å². The van der Waals surface area contributed by atoms with Gasteiger partial charge < -0.3 is 10.5 Å². The van der Waals surface area contributed by atoms with Crippen LogP contribution in [0, 0.1) is 5.92 Å². The number of nitrogens with two attached hydrogens (primary N) is 1. The molecular weight excluding hydrogens is 312 g/mol. The summed E-state index contributed by atoms with van der Waals surface area (Å²) in [5, 5.41) is 0.749. The topological polar surface area (TPSA) is 47.6 Å². The molecule has 0 saturated carbocycles. The highest BCUT2D eigenvalue weighted by atomic mass is 32.2. The standard InChI is InChI=1S/C17H26N2OS2/c1-16(2,3)14-8-12-13(22-14)7-11(10-20-4)9-17(12)5-6-21-15(18)19-17/h8,11H,5-7,9-10H2,1-4H3,(H2,18,19). The average Bonchev–Trinajstić information content (AvgIpc) is 2.84. The highest BCUT2D eigenvalue weighted by Crippen LogP contribution is 2.50. The lowest BCUT2D eigenvalue weighted by Crippen LogP contribution is -2.38. The Morgan fingerprint density at radius 2 is 2.23 bits per heavy atom. The second-order valence-corrected chi connectivity index (χ2v) is 9.76. The van der Waals surface area contributed by atoms with Crippen LogP contribution in [-0.2, 0) is 22.1 Å². The van der Waals surface area contributed by atoms with Crippen LogP contribution >= 0.6 is 23.1 Å². The summed E-state index contributed by atoms with van der Waals surface area (Å²) in [6.45, 7) is 7.68. The van der Waals surface area contributed by atoms with Crippen molar-refractivity contribution in [1.29, 1.82) is 0 Å². The summed E-state index contributed by atoms with van der Waals surface area (Å²) in [5.41, 5.74) is 7.63. The molecule has 2 unspecified atom stereocenters. The van der Waals surface area contributed by atoms with Crippen LogP contribution in [0.2, 0.25) is 0 Å². The van der Waals surface area contributed by atoms with E-state index in [1.165, 1.54) is 15.3 Å². The van der Waals surface area contributed by atoms with Crippen molar-refractivity contribution in [2.45, 2.75) is 51.0 Å². The van der Waals surface area contributed by atoms with Gasteiger partial charge in [0, 0.05) is 29.2 Å². The first-order chi connectivity index (χ1) is 10.3. The molecule has 0 bridgehead atoms. The van der Waals surface area contributed by atoms with Crippen LogP contribution in [0.25, 0.3) is 0 Å². The zero-order valence-corrected chi connectivity index (χ0v) is 15.6. The van der Waals surface area contributed by atoms with Gasteiger partial charge in [-0.15, -0.1) is 11.3 Å². The number of ether oxygens (including phenoxy) is 1. The molecular formula is C17H26N2OS2. The average molecular weight is 339 g/mol. The fourth-order valence-corrected chi connectivity index (χ4v) is 5.90. The minimum absolute atomic E-state index is 0.105.